The molecule has 0 atom stereocenters. The lowest BCUT2D eigenvalue weighted by molar-refractivity contribution is 0.404. The topological polar surface area (TPSA) is 42.1 Å². The maximum atomic E-state index is 11.3. The Morgan fingerprint density at radius 3 is 2.73 bits per heavy atom. The minimum atomic E-state index is -0.0515. The van der Waals surface area contributed by atoms with Gasteiger partial charge in [-0.2, -0.15) is 0 Å². The van der Waals surface area contributed by atoms with Crippen LogP contribution in [0, 0.1) is 10.5 Å². The first-order valence-electron chi connectivity index (χ1n) is 3.08. The van der Waals surface area contributed by atoms with E-state index in [-0.39, 0.29) is 5.43 Å². The summed E-state index contributed by atoms with van der Waals surface area (Å²) >= 11 is 1.97. The van der Waals surface area contributed by atoms with Gasteiger partial charge < -0.3 is 9.72 Å². The largest absolute Gasteiger partial charge is 0.491 e. The van der Waals surface area contributed by atoms with Crippen molar-refractivity contribution in [1.29, 1.82) is 0 Å². The molecule has 0 aliphatic carbocycles. The molecule has 0 unspecified atom stereocenters. The summed E-state index contributed by atoms with van der Waals surface area (Å²) in [6.45, 7) is 1.80. The zero-order valence-electron chi connectivity index (χ0n) is 6.27. The Labute approximate surface area is 77.9 Å². The molecule has 1 N–H and O–H groups in total. The lowest BCUT2D eigenvalue weighted by Gasteiger charge is -2.02. The third kappa shape index (κ3) is 1.55. The number of aromatic nitrogens is 1. The molecule has 0 saturated heterocycles. The molecule has 0 amide bonds. The molecule has 60 valence electrons. The molecule has 0 aromatic carbocycles. The third-order valence-corrected chi connectivity index (χ3v) is 2.18. The summed E-state index contributed by atoms with van der Waals surface area (Å²) in [7, 11) is 1.49. The molecule has 4 heteroatoms. The Morgan fingerprint density at radius 1 is 1.64 bits per heavy atom. The van der Waals surface area contributed by atoms with Crippen LogP contribution in [-0.2, 0) is 0 Å². The minimum Gasteiger partial charge on any atom is -0.491 e. The third-order valence-electron chi connectivity index (χ3n) is 1.38. The van der Waals surface area contributed by atoms with E-state index in [9.17, 15) is 4.79 Å². The van der Waals surface area contributed by atoms with E-state index in [0.29, 0.717) is 9.32 Å². The van der Waals surface area contributed by atoms with Gasteiger partial charge >= 0.3 is 0 Å². The lowest BCUT2D eigenvalue weighted by Crippen LogP contribution is -2.11. The van der Waals surface area contributed by atoms with Gasteiger partial charge in [0.15, 0.2) is 5.75 Å². The van der Waals surface area contributed by atoms with Crippen LogP contribution in [0.3, 0.4) is 0 Å². The highest BCUT2D eigenvalue weighted by molar-refractivity contribution is 14.1. The van der Waals surface area contributed by atoms with Gasteiger partial charge in [0.1, 0.15) is 0 Å². The highest BCUT2D eigenvalue weighted by Crippen LogP contribution is 2.09. The summed E-state index contributed by atoms with van der Waals surface area (Å²) in [6, 6.07) is 0. The average molecular weight is 265 g/mol. The molecule has 1 aromatic rings. The molecular formula is C7H8INO2. The first-order chi connectivity index (χ1) is 5.16. The zero-order chi connectivity index (χ0) is 8.43. The standard InChI is InChI=1S/C7H8INO2/c1-4-7(11-2)6(10)5(8)3-9-4/h3H,1-2H3,(H,9,10). The van der Waals surface area contributed by atoms with Crippen molar-refractivity contribution in [2.24, 2.45) is 0 Å². The Hall–Kier alpha value is -0.520. The van der Waals surface area contributed by atoms with E-state index in [4.69, 9.17) is 4.74 Å². The molecule has 0 spiro atoms. The fraction of sp³-hybridized carbons (Fsp3) is 0.286. The van der Waals surface area contributed by atoms with E-state index >= 15 is 0 Å². The molecular weight excluding hydrogens is 257 g/mol. The van der Waals surface area contributed by atoms with Crippen molar-refractivity contribution in [2.75, 3.05) is 7.11 Å². The summed E-state index contributed by atoms with van der Waals surface area (Å²) < 4.78 is 5.55. The predicted octanol–water partition coefficient (Wildman–Crippen LogP) is 1.30. The second-order valence-corrected chi connectivity index (χ2v) is 3.29. The van der Waals surface area contributed by atoms with Crippen LogP contribution in [0.4, 0.5) is 0 Å². The fourth-order valence-electron chi connectivity index (χ4n) is 0.827. The molecule has 11 heavy (non-hydrogen) atoms. The van der Waals surface area contributed by atoms with Gasteiger partial charge in [-0.1, -0.05) is 0 Å². The Morgan fingerprint density at radius 2 is 2.27 bits per heavy atom. The number of nitrogens with one attached hydrogen (secondary N) is 1. The number of aryl methyl sites for hydroxylation is 1. The van der Waals surface area contributed by atoms with Crippen LogP contribution in [0.25, 0.3) is 0 Å². The molecule has 0 fully saturated rings. The van der Waals surface area contributed by atoms with Crippen molar-refractivity contribution in [3.63, 3.8) is 0 Å². The highest BCUT2D eigenvalue weighted by Gasteiger charge is 2.05. The summed E-state index contributed by atoms with van der Waals surface area (Å²) in [6.07, 6.45) is 1.67. The predicted molar refractivity (Wildman–Crippen MR) is 51.1 cm³/mol. The van der Waals surface area contributed by atoms with Crippen molar-refractivity contribution in [2.45, 2.75) is 6.92 Å². The number of H-pyrrole nitrogens is 1. The van der Waals surface area contributed by atoms with Gasteiger partial charge in [0.25, 0.3) is 0 Å². The molecule has 0 saturated carbocycles. The van der Waals surface area contributed by atoms with Crippen LogP contribution in [-0.4, -0.2) is 12.1 Å². The zero-order valence-corrected chi connectivity index (χ0v) is 8.43. The first-order valence-corrected chi connectivity index (χ1v) is 4.16. The molecule has 1 aromatic heterocycles. The van der Waals surface area contributed by atoms with E-state index in [1.807, 2.05) is 22.6 Å². The van der Waals surface area contributed by atoms with E-state index in [1.165, 1.54) is 7.11 Å². The number of rotatable bonds is 1. The number of pyridine rings is 1. The molecule has 0 radical (unpaired) electrons. The second-order valence-electron chi connectivity index (χ2n) is 2.12. The fourth-order valence-corrected chi connectivity index (χ4v) is 1.23. The summed E-state index contributed by atoms with van der Waals surface area (Å²) in [4.78, 5) is 14.2. The van der Waals surface area contributed by atoms with Gasteiger partial charge in [0, 0.05) is 6.20 Å². The van der Waals surface area contributed by atoms with E-state index in [1.54, 1.807) is 13.1 Å². The second kappa shape index (κ2) is 3.25. The van der Waals surface area contributed by atoms with Crippen LogP contribution >= 0.6 is 22.6 Å². The SMILES string of the molecule is COc1c(C)[nH]cc(I)c1=O. The van der Waals surface area contributed by atoms with Crippen molar-refractivity contribution >= 4 is 22.6 Å². The van der Waals surface area contributed by atoms with Gasteiger partial charge in [-0.3, -0.25) is 4.79 Å². The smallest absolute Gasteiger partial charge is 0.236 e. The van der Waals surface area contributed by atoms with Crippen LogP contribution in [0.5, 0.6) is 5.75 Å². The van der Waals surface area contributed by atoms with E-state index in [2.05, 4.69) is 4.98 Å². The van der Waals surface area contributed by atoms with Gasteiger partial charge in [0.2, 0.25) is 5.43 Å². The molecule has 3 nitrogen and oxygen atoms in total. The lowest BCUT2D eigenvalue weighted by atomic mass is 10.3. The molecule has 0 bridgehead atoms. The molecule has 1 heterocycles. The number of hydrogen-bond donors (Lipinski definition) is 1. The average Bonchev–Trinajstić information content (AvgIpc) is 1.99. The van der Waals surface area contributed by atoms with Crippen molar-refractivity contribution in [3.05, 3.63) is 25.7 Å². The number of methoxy groups -OCH3 is 1. The molecule has 0 aliphatic rings. The maximum Gasteiger partial charge on any atom is 0.236 e. The van der Waals surface area contributed by atoms with Crippen molar-refractivity contribution in [3.8, 4) is 5.75 Å². The monoisotopic (exact) mass is 265 g/mol. The van der Waals surface area contributed by atoms with Gasteiger partial charge in [0.05, 0.1) is 16.4 Å². The Bertz CT molecular complexity index is 319. The summed E-state index contributed by atoms with van der Waals surface area (Å²) in [5.74, 6) is 0.400. The molecule has 0 aliphatic heterocycles. The first kappa shape index (κ1) is 8.58. The van der Waals surface area contributed by atoms with E-state index < -0.39 is 0 Å². The summed E-state index contributed by atoms with van der Waals surface area (Å²) in [5.41, 5.74) is 0.710. The minimum absolute atomic E-state index is 0.0515. The van der Waals surface area contributed by atoms with Gasteiger partial charge in [-0.05, 0) is 29.5 Å². The quantitative estimate of drug-likeness (QED) is 0.777. The van der Waals surface area contributed by atoms with Crippen LogP contribution in [0.2, 0.25) is 0 Å². The van der Waals surface area contributed by atoms with Crippen molar-refractivity contribution < 1.29 is 4.74 Å². The number of halogens is 1. The van der Waals surface area contributed by atoms with Crippen LogP contribution < -0.4 is 10.2 Å². The highest BCUT2D eigenvalue weighted by atomic mass is 127. The van der Waals surface area contributed by atoms with E-state index in [0.717, 1.165) is 5.69 Å². The van der Waals surface area contributed by atoms with Crippen molar-refractivity contribution in [1.82, 2.24) is 4.98 Å². The Balaban J connectivity index is 3.41. The number of aromatic amines is 1. The number of ether oxygens (including phenoxy) is 1. The van der Waals surface area contributed by atoms with Crippen LogP contribution in [0.1, 0.15) is 5.69 Å². The van der Waals surface area contributed by atoms with Gasteiger partial charge in [-0.15, -0.1) is 0 Å². The summed E-state index contributed by atoms with van der Waals surface area (Å²) in [5, 5.41) is 0. The van der Waals surface area contributed by atoms with Gasteiger partial charge in [-0.25, -0.2) is 0 Å². The van der Waals surface area contributed by atoms with Crippen LogP contribution in [0.15, 0.2) is 11.0 Å². The maximum absolute atomic E-state index is 11.3. The number of hydrogen-bond acceptors (Lipinski definition) is 2. The normalized spacial score (nSPS) is 9.73. The Kier molecular flexibility index (Phi) is 2.53. The molecule has 1 rings (SSSR count).